The zero-order valence-corrected chi connectivity index (χ0v) is 10.5. The van der Waals surface area contributed by atoms with Crippen LogP contribution in [0.5, 0.6) is 0 Å². The van der Waals surface area contributed by atoms with Gasteiger partial charge in [-0.2, -0.15) is 0 Å². The highest BCUT2D eigenvalue weighted by molar-refractivity contribution is 6.01. The first-order chi connectivity index (χ1) is 8.66. The van der Waals surface area contributed by atoms with E-state index in [1.54, 1.807) is 12.1 Å². The zero-order valence-electron chi connectivity index (χ0n) is 10.5. The van der Waals surface area contributed by atoms with Gasteiger partial charge in [-0.05, 0) is 12.5 Å². The van der Waals surface area contributed by atoms with Gasteiger partial charge in [-0.15, -0.1) is 0 Å². The fourth-order valence-electron chi connectivity index (χ4n) is 1.61. The van der Waals surface area contributed by atoms with Crippen LogP contribution in [0.15, 0.2) is 24.3 Å². The first-order valence-corrected chi connectivity index (χ1v) is 6.14. The summed E-state index contributed by atoms with van der Waals surface area (Å²) in [6, 6.07) is 5.91. The van der Waals surface area contributed by atoms with Crippen LogP contribution >= 0.6 is 0 Å². The molecule has 1 aromatic carbocycles. The van der Waals surface area contributed by atoms with E-state index in [0.29, 0.717) is 6.61 Å². The molecule has 0 amide bonds. The summed E-state index contributed by atoms with van der Waals surface area (Å²) in [4.78, 5) is 22.5. The molecular weight excluding hydrogens is 232 g/mol. The fourth-order valence-corrected chi connectivity index (χ4v) is 1.61. The summed E-state index contributed by atoms with van der Waals surface area (Å²) >= 11 is 0. The van der Waals surface area contributed by atoms with Crippen LogP contribution in [0.25, 0.3) is 0 Å². The van der Waals surface area contributed by atoms with Crippen molar-refractivity contribution in [3.8, 4) is 0 Å². The van der Waals surface area contributed by atoms with Crippen molar-refractivity contribution in [1.82, 2.24) is 0 Å². The molecule has 0 spiro atoms. The Labute approximate surface area is 107 Å². The van der Waals surface area contributed by atoms with Crippen LogP contribution in [0.1, 0.15) is 53.3 Å². The van der Waals surface area contributed by atoms with Crippen molar-refractivity contribution in [1.29, 1.82) is 0 Å². The molecule has 0 aliphatic rings. The Kier molecular flexibility index (Phi) is 5.91. The molecule has 0 bridgehead atoms. The van der Waals surface area contributed by atoms with Gasteiger partial charge in [-0.1, -0.05) is 44.4 Å². The van der Waals surface area contributed by atoms with Crippen molar-refractivity contribution >= 4 is 11.9 Å². The van der Waals surface area contributed by atoms with E-state index in [0.717, 1.165) is 25.7 Å². The normalized spacial score (nSPS) is 10.1. The second-order valence-electron chi connectivity index (χ2n) is 4.03. The number of hydrogen-bond acceptors (Lipinski definition) is 4. The third-order valence-corrected chi connectivity index (χ3v) is 2.60. The number of aromatic carboxylic acids is 1. The van der Waals surface area contributed by atoms with Gasteiger partial charge in [0.15, 0.2) is 0 Å². The summed E-state index contributed by atoms with van der Waals surface area (Å²) in [5, 5.41) is 10.8. The van der Waals surface area contributed by atoms with Crippen LogP contribution in [0, 0.1) is 0 Å². The average Bonchev–Trinajstić information content (AvgIpc) is 2.38. The quantitative estimate of drug-likeness (QED) is 0.545. The third-order valence-electron chi connectivity index (χ3n) is 2.60. The van der Waals surface area contributed by atoms with Crippen LogP contribution in [0.3, 0.4) is 0 Å². The Morgan fingerprint density at radius 2 is 1.78 bits per heavy atom. The number of esters is 1. The minimum absolute atomic E-state index is 0.0491. The Bertz CT molecular complexity index is 412. The van der Waals surface area contributed by atoms with E-state index in [4.69, 9.17) is 4.74 Å². The Balaban J connectivity index is 2.54. The van der Waals surface area contributed by atoms with Gasteiger partial charge in [0.05, 0.1) is 18.1 Å². The monoisotopic (exact) mass is 249 g/mol. The first kappa shape index (κ1) is 14.2. The van der Waals surface area contributed by atoms with E-state index < -0.39 is 11.9 Å². The molecule has 4 heteroatoms. The Morgan fingerprint density at radius 1 is 1.11 bits per heavy atom. The molecule has 1 rings (SSSR count). The van der Waals surface area contributed by atoms with Crippen LogP contribution in [0.2, 0.25) is 0 Å². The molecule has 0 aromatic heterocycles. The van der Waals surface area contributed by atoms with Gasteiger partial charge in [0, 0.05) is 5.56 Å². The first-order valence-electron chi connectivity index (χ1n) is 6.14. The van der Waals surface area contributed by atoms with E-state index in [1.807, 2.05) is 0 Å². The van der Waals surface area contributed by atoms with Crippen molar-refractivity contribution in [2.75, 3.05) is 6.61 Å². The third kappa shape index (κ3) is 4.20. The van der Waals surface area contributed by atoms with Gasteiger partial charge in [0.25, 0.3) is 0 Å². The number of rotatable bonds is 7. The fraction of sp³-hybridized carbons (Fsp3) is 0.429. The molecule has 0 atom stereocenters. The summed E-state index contributed by atoms with van der Waals surface area (Å²) in [6.45, 7) is 2.42. The molecule has 0 radical (unpaired) electrons. The highest BCUT2D eigenvalue weighted by Gasteiger charge is 2.12. The molecule has 18 heavy (non-hydrogen) atoms. The van der Waals surface area contributed by atoms with Crippen LogP contribution < -0.4 is 5.11 Å². The number of carbonyl (C=O) groups excluding carboxylic acids is 2. The molecule has 0 heterocycles. The van der Waals surface area contributed by atoms with Crippen molar-refractivity contribution in [2.24, 2.45) is 0 Å². The van der Waals surface area contributed by atoms with Gasteiger partial charge in [0.1, 0.15) is 0 Å². The molecule has 98 valence electrons. The molecular formula is C14H17O4-. The molecule has 0 saturated heterocycles. The lowest BCUT2D eigenvalue weighted by molar-refractivity contribution is -0.255. The van der Waals surface area contributed by atoms with E-state index in [2.05, 4.69) is 6.92 Å². The number of carboxylic acids is 1. The molecule has 0 fully saturated rings. The smallest absolute Gasteiger partial charge is 0.338 e. The van der Waals surface area contributed by atoms with Crippen molar-refractivity contribution < 1.29 is 19.4 Å². The van der Waals surface area contributed by atoms with Crippen molar-refractivity contribution in [3.05, 3.63) is 35.4 Å². The maximum atomic E-state index is 11.7. The van der Waals surface area contributed by atoms with Crippen LogP contribution in [-0.4, -0.2) is 18.5 Å². The van der Waals surface area contributed by atoms with E-state index in [1.165, 1.54) is 12.1 Å². The van der Waals surface area contributed by atoms with Gasteiger partial charge < -0.3 is 14.6 Å². The maximum absolute atomic E-state index is 11.7. The number of hydrogen-bond donors (Lipinski definition) is 0. The predicted octanol–water partition coefficient (Wildman–Crippen LogP) is 1.79. The van der Waals surface area contributed by atoms with E-state index >= 15 is 0 Å². The van der Waals surface area contributed by atoms with Crippen molar-refractivity contribution in [3.63, 3.8) is 0 Å². The lowest BCUT2D eigenvalue weighted by Crippen LogP contribution is -2.25. The molecule has 1 aromatic rings. The summed E-state index contributed by atoms with van der Waals surface area (Å²) in [5.41, 5.74) is -0.0796. The molecule has 4 nitrogen and oxygen atoms in total. The predicted molar refractivity (Wildman–Crippen MR) is 65.2 cm³/mol. The summed E-state index contributed by atoms with van der Waals surface area (Å²) in [6.07, 6.45) is 4.02. The summed E-state index contributed by atoms with van der Waals surface area (Å²) in [5.74, 6) is -1.97. The molecule has 0 unspecified atom stereocenters. The lowest BCUT2D eigenvalue weighted by atomic mass is 10.1. The standard InChI is InChI=1S/C14H18O4/c1-2-3-4-7-10-18-14(17)12-9-6-5-8-11(12)13(15)16/h5-6,8-9H,2-4,7,10H2,1H3,(H,15,16)/p-1. The molecule has 0 aliphatic heterocycles. The highest BCUT2D eigenvalue weighted by atomic mass is 16.5. The van der Waals surface area contributed by atoms with Crippen molar-refractivity contribution in [2.45, 2.75) is 32.6 Å². The number of carboxylic acid groups (broad SMARTS) is 1. The van der Waals surface area contributed by atoms with Gasteiger partial charge >= 0.3 is 5.97 Å². The average molecular weight is 249 g/mol. The largest absolute Gasteiger partial charge is 0.545 e. The Morgan fingerprint density at radius 3 is 2.39 bits per heavy atom. The Hall–Kier alpha value is -1.84. The molecule has 0 saturated carbocycles. The molecule has 0 N–H and O–H groups in total. The minimum atomic E-state index is -1.37. The SMILES string of the molecule is CCCCCCOC(=O)c1ccccc1C(=O)[O-]. The van der Waals surface area contributed by atoms with E-state index in [9.17, 15) is 14.7 Å². The highest BCUT2D eigenvalue weighted by Crippen LogP contribution is 2.10. The molecule has 0 aliphatic carbocycles. The van der Waals surface area contributed by atoms with Gasteiger partial charge in [0.2, 0.25) is 0 Å². The minimum Gasteiger partial charge on any atom is -0.545 e. The van der Waals surface area contributed by atoms with Gasteiger partial charge in [-0.3, -0.25) is 0 Å². The zero-order chi connectivity index (χ0) is 13.4. The van der Waals surface area contributed by atoms with Gasteiger partial charge in [-0.25, -0.2) is 4.79 Å². The lowest BCUT2D eigenvalue weighted by Gasteiger charge is -2.09. The van der Waals surface area contributed by atoms with Crippen LogP contribution in [-0.2, 0) is 4.74 Å². The second-order valence-corrected chi connectivity index (χ2v) is 4.03. The number of unbranched alkanes of at least 4 members (excludes halogenated alkanes) is 3. The van der Waals surface area contributed by atoms with E-state index in [-0.39, 0.29) is 11.1 Å². The van der Waals surface area contributed by atoms with Crippen LogP contribution in [0.4, 0.5) is 0 Å². The topological polar surface area (TPSA) is 66.4 Å². The number of benzene rings is 1. The second kappa shape index (κ2) is 7.48. The number of ether oxygens (including phenoxy) is 1. The summed E-state index contributed by atoms with van der Waals surface area (Å²) < 4.78 is 5.04. The maximum Gasteiger partial charge on any atom is 0.338 e. The number of carbonyl (C=O) groups is 2. The summed E-state index contributed by atoms with van der Waals surface area (Å²) in [7, 11) is 0.